The van der Waals surface area contributed by atoms with Crippen molar-refractivity contribution in [1.29, 1.82) is 0 Å². The highest BCUT2D eigenvalue weighted by Crippen LogP contribution is 2.10. The van der Waals surface area contributed by atoms with Gasteiger partial charge >= 0.3 is 0 Å². The van der Waals surface area contributed by atoms with Gasteiger partial charge in [-0.15, -0.1) is 0 Å². The Bertz CT molecular complexity index is 264. The monoisotopic (exact) mass is 233 g/mol. The van der Waals surface area contributed by atoms with Gasteiger partial charge in [0.2, 0.25) is 0 Å². The van der Waals surface area contributed by atoms with Gasteiger partial charge in [0.15, 0.2) is 0 Å². The molecule has 96 valence electrons. The molecule has 0 radical (unpaired) electrons. The molecular formula is C16H27N. The fraction of sp³-hybridized carbons (Fsp3) is 0.625. The number of benzene rings is 1. The molecule has 1 N–H and O–H groups in total. The predicted octanol–water partition coefficient (Wildman–Crippen LogP) is 4.18. The lowest BCUT2D eigenvalue weighted by Crippen LogP contribution is -2.23. The first-order chi connectivity index (χ1) is 8.36. The van der Waals surface area contributed by atoms with E-state index in [2.05, 4.69) is 49.6 Å². The third-order valence-electron chi connectivity index (χ3n) is 3.51. The molecule has 0 unspecified atom stereocenters. The zero-order valence-electron chi connectivity index (χ0n) is 11.4. The molecule has 1 heteroatoms. The van der Waals surface area contributed by atoms with Crippen molar-refractivity contribution in [3.63, 3.8) is 0 Å². The van der Waals surface area contributed by atoms with Gasteiger partial charge in [-0.2, -0.15) is 0 Å². The summed E-state index contributed by atoms with van der Waals surface area (Å²) in [5.41, 5.74) is 1.48. The maximum Gasteiger partial charge on any atom is 0.00614 e. The molecule has 17 heavy (non-hydrogen) atoms. The van der Waals surface area contributed by atoms with Crippen LogP contribution in [0.1, 0.15) is 51.0 Å². The lowest BCUT2D eigenvalue weighted by atomic mass is 10.0. The molecule has 0 aliphatic heterocycles. The molecule has 0 saturated carbocycles. The van der Waals surface area contributed by atoms with Gasteiger partial charge in [-0.05, 0) is 38.3 Å². The number of aryl methyl sites for hydroxylation is 1. The summed E-state index contributed by atoms with van der Waals surface area (Å²) in [5, 5.41) is 3.37. The fourth-order valence-electron chi connectivity index (χ4n) is 2.27. The summed E-state index contributed by atoms with van der Waals surface area (Å²) in [4.78, 5) is 0. The van der Waals surface area contributed by atoms with Crippen LogP contribution in [-0.4, -0.2) is 13.1 Å². The Morgan fingerprint density at radius 3 is 2.35 bits per heavy atom. The van der Waals surface area contributed by atoms with Crippen LogP contribution in [0.4, 0.5) is 0 Å². The van der Waals surface area contributed by atoms with Crippen molar-refractivity contribution in [2.75, 3.05) is 7.05 Å². The second-order valence-corrected chi connectivity index (χ2v) is 4.83. The molecule has 0 bridgehead atoms. The lowest BCUT2D eigenvalue weighted by molar-refractivity contribution is 0.474. The van der Waals surface area contributed by atoms with Crippen molar-refractivity contribution in [1.82, 2.24) is 5.32 Å². The molecule has 0 aliphatic rings. The Morgan fingerprint density at radius 1 is 1.00 bits per heavy atom. The second-order valence-electron chi connectivity index (χ2n) is 4.83. The van der Waals surface area contributed by atoms with E-state index < -0.39 is 0 Å². The Kier molecular flexibility index (Phi) is 7.74. The normalized spacial score (nSPS) is 12.6. The molecule has 1 atom stereocenters. The van der Waals surface area contributed by atoms with Crippen LogP contribution in [-0.2, 0) is 6.42 Å². The Balaban J connectivity index is 1.98. The van der Waals surface area contributed by atoms with Crippen molar-refractivity contribution in [2.24, 2.45) is 0 Å². The summed E-state index contributed by atoms with van der Waals surface area (Å²) in [6, 6.07) is 11.5. The lowest BCUT2D eigenvalue weighted by Gasteiger charge is -2.12. The van der Waals surface area contributed by atoms with Gasteiger partial charge in [0.25, 0.3) is 0 Å². The Labute approximate surface area is 107 Å². The maximum absolute atomic E-state index is 3.37. The van der Waals surface area contributed by atoms with Crippen LogP contribution >= 0.6 is 0 Å². The molecule has 1 aromatic carbocycles. The van der Waals surface area contributed by atoms with Gasteiger partial charge in [0.05, 0.1) is 0 Å². The number of nitrogens with one attached hydrogen (secondary N) is 1. The van der Waals surface area contributed by atoms with E-state index in [1.807, 2.05) is 0 Å². The second kappa shape index (κ2) is 9.23. The average molecular weight is 233 g/mol. The van der Waals surface area contributed by atoms with E-state index in [0.29, 0.717) is 0 Å². The summed E-state index contributed by atoms with van der Waals surface area (Å²) in [6.45, 7) is 2.26. The van der Waals surface area contributed by atoms with E-state index in [-0.39, 0.29) is 0 Å². The Morgan fingerprint density at radius 2 is 1.71 bits per heavy atom. The molecule has 0 fully saturated rings. The van der Waals surface area contributed by atoms with Gasteiger partial charge in [0.1, 0.15) is 0 Å². The number of unbranched alkanes of at least 4 members (excludes halogenated alkanes) is 3. The molecule has 0 amide bonds. The van der Waals surface area contributed by atoms with E-state index in [9.17, 15) is 0 Å². The molecule has 1 rings (SSSR count). The van der Waals surface area contributed by atoms with E-state index in [4.69, 9.17) is 0 Å². The molecule has 0 heterocycles. The summed E-state index contributed by atoms with van der Waals surface area (Å²) < 4.78 is 0. The van der Waals surface area contributed by atoms with Crippen LogP contribution < -0.4 is 5.32 Å². The van der Waals surface area contributed by atoms with E-state index in [1.54, 1.807) is 0 Å². The number of hydrogen-bond donors (Lipinski definition) is 1. The van der Waals surface area contributed by atoms with Crippen LogP contribution in [0, 0.1) is 0 Å². The first-order valence-electron chi connectivity index (χ1n) is 7.08. The average Bonchev–Trinajstić information content (AvgIpc) is 2.39. The fourth-order valence-corrected chi connectivity index (χ4v) is 2.27. The first-order valence-corrected chi connectivity index (χ1v) is 7.08. The third kappa shape index (κ3) is 6.48. The molecule has 0 aromatic heterocycles. The van der Waals surface area contributed by atoms with Crippen LogP contribution in [0.3, 0.4) is 0 Å². The molecule has 0 saturated heterocycles. The third-order valence-corrected chi connectivity index (χ3v) is 3.51. The molecule has 1 aromatic rings. The minimum atomic E-state index is 0.726. The summed E-state index contributed by atoms with van der Waals surface area (Å²) in [7, 11) is 2.07. The van der Waals surface area contributed by atoms with Crippen molar-refractivity contribution < 1.29 is 0 Å². The van der Waals surface area contributed by atoms with Crippen molar-refractivity contribution in [2.45, 2.75) is 57.9 Å². The van der Waals surface area contributed by atoms with Gasteiger partial charge in [-0.3, -0.25) is 0 Å². The van der Waals surface area contributed by atoms with Crippen LogP contribution in [0.25, 0.3) is 0 Å². The van der Waals surface area contributed by atoms with Crippen LogP contribution in [0.2, 0.25) is 0 Å². The SMILES string of the molecule is CC[C@H](CCCCCCc1ccccc1)NC. The standard InChI is InChI=1S/C16H27N/c1-3-16(17-2)14-10-5-4-7-11-15-12-8-6-9-13-15/h6,8-9,12-13,16-17H,3-5,7,10-11,14H2,1-2H3/t16-/m1/s1. The van der Waals surface area contributed by atoms with Crippen LogP contribution in [0.15, 0.2) is 30.3 Å². The van der Waals surface area contributed by atoms with Crippen molar-refractivity contribution >= 4 is 0 Å². The number of hydrogen-bond acceptors (Lipinski definition) is 1. The largest absolute Gasteiger partial charge is 0.317 e. The van der Waals surface area contributed by atoms with Gasteiger partial charge in [-0.25, -0.2) is 0 Å². The smallest absolute Gasteiger partial charge is 0.00614 e. The minimum absolute atomic E-state index is 0.726. The van der Waals surface area contributed by atoms with Crippen molar-refractivity contribution in [3.8, 4) is 0 Å². The zero-order valence-corrected chi connectivity index (χ0v) is 11.4. The highest BCUT2D eigenvalue weighted by atomic mass is 14.9. The van der Waals surface area contributed by atoms with E-state index >= 15 is 0 Å². The summed E-state index contributed by atoms with van der Waals surface area (Å²) in [6.07, 6.45) is 9.28. The van der Waals surface area contributed by atoms with Gasteiger partial charge < -0.3 is 5.32 Å². The molecule has 1 nitrogen and oxygen atoms in total. The zero-order chi connectivity index (χ0) is 12.3. The molecule has 0 aliphatic carbocycles. The summed E-state index contributed by atoms with van der Waals surface area (Å²) in [5.74, 6) is 0. The highest BCUT2D eigenvalue weighted by Gasteiger charge is 2.01. The highest BCUT2D eigenvalue weighted by molar-refractivity contribution is 5.14. The summed E-state index contributed by atoms with van der Waals surface area (Å²) >= 11 is 0. The van der Waals surface area contributed by atoms with Gasteiger partial charge in [-0.1, -0.05) is 56.5 Å². The van der Waals surface area contributed by atoms with E-state index in [0.717, 1.165) is 6.04 Å². The number of rotatable bonds is 9. The molecule has 0 spiro atoms. The minimum Gasteiger partial charge on any atom is -0.317 e. The van der Waals surface area contributed by atoms with Crippen molar-refractivity contribution in [3.05, 3.63) is 35.9 Å². The topological polar surface area (TPSA) is 12.0 Å². The quantitative estimate of drug-likeness (QED) is 0.631. The predicted molar refractivity (Wildman–Crippen MR) is 76.4 cm³/mol. The van der Waals surface area contributed by atoms with Crippen LogP contribution in [0.5, 0.6) is 0 Å². The van der Waals surface area contributed by atoms with Gasteiger partial charge in [0, 0.05) is 6.04 Å². The molecular weight excluding hydrogens is 206 g/mol. The van der Waals surface area contributed by atoms with E-state index in [1.165, 1.54) is 50.5 Å². The Hall–Kier alpha value is -0.820. The first kappa shape index (κ1) is 14.2. The maximum atomic E-state index is 3.37.